The molecule has 0 radical (unpaired) electrons. The molecule has 0 aromatic carbocycles. The van der Waals surface area contributed by atoms with Crippen LogP contribution in [0.15, 0.2) is 36.7 Å². The van der Waals surface area contributed by atoms with Gasteiger partial charge in [-0.3, -0.25) is 9.67 Å². The van der Waals surface area contributed by atoms with Crippen LogP contribution < -0.4 is 10.1 Å². The van der Waals surface area contributed by atoms with Gasteiger partial charge in [-0.25, -0.2) is 4.98 Å². The summed E-state index contributed by atoms with van der Waals surface area (Å²) in [6, 6.07) is 6.11. The average molecular weight is 377 g/mol. The number of hydrogen-bond donors (Lipinski definition) is 1. The van der Waals surface area contributed by atoms with Crippen LogP contribution in [0.25, 0.3) is 16.7 Å². The van der Waals surface area contributed by atoms with E-state index in [2.05, 4.69) is 38.6 Å². The molecule has 0 saturated carbocycles. The Morgan fingerprint density at radius 3 is 3.07 bits per heavy atom. The normalized spacial score (nSPS) is 16.8. The van der Waals surface area contributed by atoms with Crippen LogP contribution in [0.3, 0.4) is 0 Å². The summed E-state index contributed by atoms with van der Waals surface area (Å²) in [5.41, 5.74) is 5.98. The van der Waals surface area contributed by atoms with E-state index in [1.54, 1.807) is 0 Å². The van der Waals surface area contributed by atoms with E-state index in [9.17, 15) is 0 Å². The van der Waals surface area contributed by atoms with Gasteiger partial charge in [0.15, 0.2) is 5.52 Å². The molecule has 1 aliphatic carbocycles. The molecular weight excluding hydrogens is 354 g/mol. The summed E-state index contributed by atoms with van der Waals surface area (Å²) in [5, 5.41) is 8.00. The van der Waals surface area contributed by atoms with Crippen LogP contribution in [0.1, 0.15) is 24.1 Å². The number of fused-ring (bicyclic) bond motifs is 2. The summed E-state index contributed by atoms with van der Waals surface area (Å²) >= 11 is 0. The Morgan fingerprint density at radius 1 is 1.29 bits per heavy atom. The van der Waals surface area contributed by atoms with E-state index in [-0.39, 0.29) is 0 Å². The molecule has 3 aromatic heterocycles. The summed E-state index contributed by atoms with van der Waals surface area (Å²) < 4.78 is 13.2. The summed E-state index contributed by atoms with van der Waals surface area (Å²) in [4.78, 5) is 9.06. The van der Waals surface area contributed by atoms with Gasteiger partial charge in [0.2, 0.25) is 0 Å². The predicted molar refractivity (Wildman–Crippen MR) is 107 cm³/mol. The molecular formula is C21H23N5O2. The quantitative estimate of drug-likeness (QED) is 0.736. The topological polar surface area (TPSA) is 74.1 Å². The molecule has 4 heterocycles. The summed E-state index contributed by atoms with van der Waals surface area (Å²) in [6.45, 7) is 2.30. The largest absolute Gasteiger partial charge is 0.475 e. The van der Waals surface area contributed by atoms with Gasteiger partial charge >= 0.3 is 0 Å². The SMILES string of the molecule is Cn1nc(OCC2CCOCC2)c2ncc(NC3=CCc4ncccc43)cc21. The van der Waals surface area contributed by atoms with E-state index in [0.717, 1.165) is 66.2 Å². The second-order valence-electron chi connectivity index (χ2n) is 7.33. The van der Waals surface area contributed by atoms with Crippen molar-refractivity contribution < 1.29 is 9.47 Å². The molecule has 1 N–H and O–H groups in total. The summed E-state index contributed by atoms with van der Waals surface area (Å²) in [6.07, 6.45) is 8.76. The number of nitrogens with zero attached hydrogens (tertiary/aromatic N) is 4. The minimum absolute atomic E-state index is 0.523. The molecule has 3 aromatic rings. The summed E-state index contributed by atoms with van der Waals surface area (Å²) in [5.74, 6) is 1.12. The van der Waals surface area contributed by atoms with Crippen molar-refractivity contribution in [1.29, 1.82) is 0 Å². The Hall–Kier alpha value is -2.93. The second-order valence-corrected chi connectivity index (χ2v) is 7.33. The summed E-state index contributed by atoms with van der Waals surface area (Å²) in [7, 11) is 1.92. The molecule has 1 saturated heterocycles. The minimum Gasteiger partial charge on any atom is -0.475 e. The van der Waals surface area contributed by atoms with Crippen LogP contribution in [0.4, 0.5) is 5.69 Å². The van der Waals surface area contributed by atoms with Crippen molar-refractivity contribution >= 4 is 22.4 Å². The Bertz CT molecular complexity index is 1040. The highest BCUT2D eigenvalue weighted by Crippen LogP contribution is 2.30. The van der Waals surface area contributed by atoms with Gasteiger partial charge in [0.05, 0.1) is 29.7 Å². The van der Waals surface area contributed by atoms with Gasteiger partial charge in [-0.1, -0.05) is 6.08 Å². The number of ether oxygens (including phenoxy) is 2. The van der Waals surface area contributed by atoms with Crippen LogP contribution in [-0.4, -0.2) is 39.6 Å². The third-order valence-corrected chi connectivity index (χ3v) is 5.42. The Balaban J connectivity index is 1.34. The molecule has 0 unspecified atom stereocenters. The first-order valence-corrected chi connectivity index (χ1v) is 9.72. The monoisotopic (exact) mass is 377 g/mol. The lowest BCUT2D eigenvalue weighted by atomic mass is 10.0. The number of aryl methyl sites for hydroxylation is 1. The third-order valence-electron chi connectivity index (χ3n) is 5.42. The lowest BCUT2D eigenvalue weighted by molar-refractivity contribution is 0.0491. The van der Waals surface area contributed by atoms with E-state index >= 15 is 0 Å². The minimum atomic E-state index is 0.523. The van der Waals surface area contributed by atoms with Crippen LogP contribution in [0.5, 0.6) is 5.88 Å². The Labute approximate surface area is 163 Å². The first-order chi connectivity index (χ1) is 13.8. The van der Waals surface area contributed by atoms with Crippen molar-refractivity contribution in [2.75, 3.05) is 25.1 Å². The van der Waals surface area contributed by atoms with Gasteiger partial charge in [0.25, 0.3) is 5.88 Å². The molecule has 5 rings (SSSR count). The average Bonchev–Trinajstić information content (AvgIpc) is 3.28. The molecule has 0 amide bonds. The maximum Gasteiger partial charge on any atom is 0.259 e. The third kappa shape index (κ3) is 3.22. The molecule has 2 aliphatic rings. The second kappa shape index (κ2) is 7.24. The fourth-order valence-corrected chi connectivity index (χ4v) is 3.81. The lowest BCUT2D eigenvalue weighted by Crippen LogP contribution is -2.21. The fourth-order valence-electron chi connectivity index (χ4n) is 3.81. The zero-order valence-electron chi connectivity index (χ0n) is 15.9. The van der Waals surface area contributed by atoms with Gasteiger partial charge in [-0.2, -0.15) is 0 Å². The Morgan fingerprint density at radius 2 is 2.18 bits per heavy atom. The molecule has 0 atom stereocenters. The molecule has 28 heavy (non-hydrogen) atoms. The standard InChI is InChI=1S/C21H23N5O2/c1-26-19-11-15(24-18-5-4-17-16(18)3-2-8-22-17)12-23-20(19)21(25-26)28-13-14-6-9-27-10-7-14/h2-3,5,8,11-12,14,24H,4,6-7,9-10,13H2,1H3. The van der Waals surface area contributed by atoms with Gasteiger partial charge in [0, 0.05) is 44.1 Å². The van der Waals surface area contributed by atoms with E-state index in [1.807, 2.05) is 30.2 Å². The van der Waals surface area contributed by atoms with Crippen LogP contribution >= 0.6 is 0 Å². The number of nitrogens with one attached hydrogen (secondary N) is 1. The van der Waals surface area contributed by atoms with Gasteiger partial charge in [-0.05, 0) is 37.0 Å². The lowest BCUT2D eigenvalue weighted by Gasteiger charge is -2.21. The van der Waals surface area contributed by atoms with Crippen molar-refractivity contribution in [3.05, 3.63) is 47.9 Å². The predicted octanol–water partition coefficient (Wildman–Crippen LogP) is 3.18. The van der Waals surface area contributed by atoms with Crippen molar-refractivity contribution in [3.8, 4) is 5.88 Å². The van der Waals surface area contributed by atoms with Gasteiger partial charge < -0.3 is 14.8 Å². The van der Waals surface area contributed by atoms with Crippen molar-refractivity contribution in [2.24, 2.45) is 13.0 Å². The first-order valence-electron chi connectivity index (χ1n) is 9.72. The molecule has 7 nitrogen and oxygen atoms in total. The molecule has 7 heteroatoms. The number of hydrogen-bond acceptors (Lipinski definition) is 6. The van der Waals surface area contributed by atoms with Crippen LogP contribution in [0, 0.1) is 5.92 Å². The van der Waals surface area contributed by atoms with E-state index in [0.29, 0.717) is 18.4 Å². The fraction of sp³-hybridized carbons (Fsp3) is 0.381. The smallest absolute Gasteiger partial charge is 0.259 e. The van der Waals surface area contributed by atoms with E-state index < -0.39 is 0 Å². The van der Waals surface area contributed by atoms with Crippen molar-refractivity contribution in [1.82, 2.24) is 19.7 Å². The number of pyridine rings is 2. The first kappa shape index (κ1) is 17.2. The number of rotatable bonds is 5. The number of allylic oxidation sites excluding steroid dienone is 1. The maximum absolute atomic E-state index is 6.01. The number of anilines is 1. The molecule has 0 bridgehead atoms. The van der Waals surface area contributed by atoms with Crippen LogP contribution in [0.2, 0.25) is 0 Å². The van der Waals surface area contributed by atoms with E-state index in [1.165, 1.54) is 0 Å². The molecule has 0 spiro atoms. The highest BCUT2D eigenvalue weighted by Gasteiger charge is 2.19. The van der Waals surface area contributed by atoms with Crippen LogP contribution in [-0.2, 0) is 18.2 Å². The van der Waals surface area contributed by atoms with Gasteiger partial charge in [-0.15, -0.1) is 5.10 Å². The molecule has 1 aliphatic heterocycles. The maximum atomic E-state index is 6.01. The van der Waals surface area contributed by atoms with Crippen molar-refractivity contribution in [3.63, 3.8) is 0 Å². The van der Waals surface area contributed by atoms with Crippen molar-refractivity contribution in [2.45, 2.75) is 19.3 Å². The zero-order valence-corrected chi connectivity index (χ0v) is 15.9. The van der Waals surface area contributed by atoms with Gasteiger partial charge in [0.1, 0.15) is 0 Å². The molecule has 1 fully saturated rings. The number of aromatic nitrogens is 4. The highest BCUT2D eigenvalue weighted by molar-refractivity contribution is 5.86. The Kier molecular flexibility index (Phi) is 4.44. The zero-order chi connectivity index (χ0) is 18.9. The van der Waals surface area contributed by atoms with E-state index in [4.69, 9.17) is 9.47 Å². The highest BCUT2D eigenvalue weighted by atomic mass is 16.5. The molecule has 144 valence electrons.